The van der Waals surface area contributed by atoms with Gasteiger partial charge in [0.1, 0.15) is 18.0 Å². The fourth-order valence-electron chi connectivity index (χ4n) is 4.46. The van der Waals surface area contributed by atoms with Crippen LogP contribution in [0.1, 0.15) is 46.1 Å². The van der Waals surface area contributed by atoms with Gasteiger partial charge in [-0.2, -0.15) is 0 Å². The molecule has 0 bridgehead atoms. The van der Waals surface area contributed by atoms with Gasteiger partial charge < -0.3 is 19.7 Å². The van der Waals surface area contributed by atoms with Crippen molar-refractivity contribution in [3.05, 3.63) is 59.0 Å². The third kappa shape index (κ3) is 7.74. The number of piperazine rings is 1. The second kappa shape index (κ2) is 12.0. The smallest absolute Gasteiger partial charge is 0.410 e. The van der Waals surface area contributed by atoms with Crippen molar-refractivity contribution in [2.24, 2.45) is 0 Å². The summed E-state index contributed by atoms with van der Waals surface area (Å²) < 4.78 is 11.9. The van der Waals surface area contributed by atoms with Crippen LogP contribution in [-0.2, 0) is 20.7 Å². The van der Waals surface area contributed by atoms with E-state index in [9.17, 15) is 9.59 Å². The summed E-state index contributed by atoms with van der Waals surface area (Å²) in [7, 11) is 0. The Morgan fingerprint density at radius 2 is 1.89 bits per heavy atom. The lowest BCUT2D eigenvalue weighted by Crippen LogP contribution is -2.60. The Kier molecular flexibility index (Phi) is 9.25. The predicted molar refractivity (Wildman–Crippen MR) is 138 cm³/mol. The zero-order valence-electron chi connectivity index (χ0n) is 21.3. The molecule has 2 fully saturated rings. The van der Waals surface area contributed by atoms with Crippen molar-refractivity contribution in [2.45, 2.75) is 64.6 Å². The van der Waals surface area contributed by atoms with Crippen molar-refractivity contribution in [1.82, 2.24) is 15.1 Å². The van der Waals surface area contributed by atoms with E-state index in [2.05, 4.69) is 16.8 Å². The SMILES string of the molecule is C=CCO/C(=C(\C)[C@H]1CN[C@@H](Cc2ccc(Cl)cc2)CN1C(=O)OC(C)(C)C)N1CCC(=O)CC1. The molecule has 0 saturated carbocycles. The van der Waals surface area contributed by atoms with Crippen LogP contribution in [-0.4, -0.2) is 72.1 Å². The number of hydrogen-bond donors (Lipinski definition) is 1. The summed E-state index contributed by atoms with van der Waals surface area (Å²) in [6.07, 6.45) is 3.11. The minimum absolute atomic E-state index is 0.0675. The van der Waals surface area contributed by atoms with E-state index in [1.165, 1.54) is 0 Å². The van der Waals surface area contributed by atoms with Gasteiger partial charge in [0.25, 0.3) is 0 Å². The number of ketones is 1. The zero-order valence-corrected chi connectivity index (χ0v) is 22.1. The minimum Gasteiger partial charge on any atom is -0.475 e. The summed E-state index contributed by atoms with van der Waals surface area (Å²) in [5, 5.41) is 4.32. The molecule has 0 aliphatic carbocycles. The predicted octanol–water partition coefficient (Wildman–Crippen LogP) is 4.56. The van der Waals surface area contributed by atoms with Crippen LogP contribution >= 0.6 is 11.6 Å². The topological polar surface area (TPSA) is 71.1 Å². The zero-order chi connectivity index (χ0) is 25.6. The molecule has 2 aliphatic rings. The van der Waals surface area contributed by atoms with Crippen molar-refractivity contribution < 1.29 is 19.1 Å². The third-order valence-corrected chi connectivity index (χ3v) is 6.45. The number of carbonyl (C=O) groups is 2. The molecule has 0 unspecified atom stereocenters. The molecule has 0 spiro atoms. The van der Waals surface area contributed by atoms with E-state index in [1.807, 2.05) is 56.9 Å². The molecule has 2 atom stereocenters. The molecule has 192 valence electrons. The van der Waals surface area contributed by atoms with Gasteiger partial charge in [-0.15, -0.1) is 0 Å². The van der Waals surface area contributed by atoms with E-state index >= 15 is 0 Å². The standard InChI is InChI=1S/C27H38ClN3O4/c1-6-15-34-25(30-13-11-23(32)12-14-30)19(2)24-17-29-22(16-20-7-9-21(28)10-8-20)18-31(24)26(33)35-27(3,4)5/h6-10,22,24,29H,1,11-18H2,2-5H3/b25-19+/t22-,24+/m0/s1. The number of carbonyl (C=O) groups excluding carboxylic acids is 2. The molecule has 1 aromatic rings. The van der Waals surface area contributed by atoms with Gasteiger partial charge >= 0.3 is 6.09 Å². The van der Waals surface area contributed by atoms with E-state index in [1.54, 1.807) is 6.08 Å². The number of Topliss-reactive ketones (excluding diaryl/α,β-unsaturated/α-hetero) is 1. The minimum atomic E-state index is -0.606. The van der Waals surface area contributed by atoms with Crippen LogP contribution in [0.5, 0.6) is 0 Å². The van der Waals surface area contributed by atoms with E-state index in [0.717, 1.165) is 17.6 Å². The van der Waals surface area contributed by atoms with Gasteiger partial charge in [0.2, 0.25) is 0 Å². The normalized spacial score (nSPS) is 21.9. The molecule has 3 rings (SSSR count). The van der Waals surface area contributed by atoms with Crippen LogP contribution < -0.4 is 5.32 Å². The maximum absolute atomic E-state index is 13.3. The molecule has 0 radical (unpaired) electrons. The number of halogens is 1. The van der Waals surface area contributed by atoms with Gasteiger partial charge in [0.05, 0.1) is 6.04 Å². The van der Waals surface area contributed by atoms with Gasteiger partial charge in [-0.25, -0.2) is 4.79 Å². The van der Waals surface area contributed by atoms with Gasteiger partial charge in [0.15, 0.2) is 5.88 Å². The molecular weight excluding hydrogens is 466 g/mol. The van der Waals surface area contributed by atoms with Crippen LogP contribution in [0.15, 0.2) is 48.4 Å². The first-order valence-corrected chi connectivity index (χ1v) is 12.6. The van der Waals surface area contributed by atoms with E-state index in [4.69, 9.17) is 21.1 Å². The highest BCUT2D eigenvalue weighted by molar-refractivity contribution is 6.30. The van der Waals surface area contributed by atoms with Crippen molar-refractivity contribution in [1.29, 1.82) is 0 Å². The summed E-state index contributed by atoms with van der Waals surface area (Å²) >= 11 is 6.04. The molecule has 1 N–H and O–H groups in total. The maximum atomic E-state index is 13.3. The first-order valence-electron chi connectivity index (χ1n) is 12.3. The fraction of sp³-hybridized carbons (Fsp3) is 0.556. The Morgan fingerprint density at radius 3 is 2.49 bits per heavy atom. The molecule has 7 nitrogen and oxygen atoms in total. The molecule has 2 saturated heterocycles. The first-order chi connectivity index (χ1) is 16.6. The summed E-state index contributed by atoms with van der Waals surface area (Å²) in [4.78, 5) is 29.1. The van der Waals surface area contributed by atoms with E-state index in [0.29, 0.717) is 56.5 Å². The summed E-state index contributed by atoms with van der Waals surface area (Å²) in [6, 6.07) is 7.61. The highest BCUT2D eigenvalue weighted by Crippen LogP contribution is 2.26. The van der Waals surface area contributed by atoms with Crippen LogP contribution in [0, 0.1) is 0 Å². The molecule has 2 aliphatic heterocycles. The Balaban J connectivity index is 1.87. The van der Waals surface area contributed by atoms with Crippen molar-refractivity contribution in [3.63, 3.8) is 0 Å². The lowest BCUT2D eigenvalue weighted by Gasteiger charge is -2.42. The van der Waals surface area contributed by atoms with Gasteiger partial charge in [-0.1, -0.05) is 36.4 Å². The van der Waals surface area contributed by atoms with E-state index in [-0.39, 0.29) is 24.0 Å². The molecule has 35 heavy (non-hydrogen) atoms. The van der Waals surface area contributed by atoms with Crippen LogP contribution in [0.25, 0.3) is 0 Å². The van der Waals surface area contributed by atoms with Gasteiger partial charge in [-0.3, -0.25) is 9.69 Å². The average molecular weight is 504 g/mol. The lowest BCUT2D eigenvalue weighted by atomic mass is 9.98. The number of benzene rings is 1. The third-order valence-electron chi connectivity index (χ3n) is 6.20. The highest BCUT2D eigenvalue weighted by atomic mass is 35.5. The number of hydrogen-bond acceptors (Lipinski definition) is 6. The number of piperidine rings is 1. The fourth-order valence-corrected chi connectivity index (χ4v) is 4.59. The second-order valence-corrected chi connectivity index (χ2v) is 10.6. The highest BCUT2D eigenvalue weighted by Gasteiger charge is 2.37. The average Bonchev–Trinajstić information content (AvgIpc) is 2.80. The van der Waals surface area contributed by atoms with E-state index < -0.39 is 5.60 Å². The number of ether oxygens (including phenoxy) is 2. The number of rotatable bonds is 7. The molecule has 2 heterocycles. The first kappa shape index (κ1) is 27.1. The van der Waals surface area contributed by atoms with Gasteiger partial charge in [-0.05, 0) is 51.8 Å². The Morgan fingerprint density at radius 1 is 1.23 bits per heavy atom. The summed E-state index contributed by atoms with van der Waals surface area (Å²) in [6.45, 7) is 14.0. The largest absolute Gasteiger partial charge is 0.475 e. The quantitative estimate of drug-likeness (QED) is 0.434. The summed E-state index contributed by atoms with van der Waals surface area (Å²) in [5.41, 5.74) is 1.48. The molecule has 8 heteroatoms. The number of nitrogens with zero attached hydrogens (tertiary/aromatic N) is 2. The number of likely N-dealkylation sites (tertiary alicyclic amines) is 1. The Labute approximate surface area is 214 Å². The second-order valence-electron chi connectivity index (χ2n) is 10.2. The Bertz CT molecular complexity index is 929. The van der Waals surface area contributed by atoms with Gasteiger partial charge in [0, 0.05) is 55.7 Å². The molecule has 0 aromatic heterocycles. The molecular formula is C27H38ClN3O4. The van der Waals surface area contributed by atoms with Crippen LogP contribution in [0.2, 0.25) is 5.02 Å². The molecule has 1 amide bonds. The van der Waals surface area contributed by atoms with Crippen LogP contribution in [0.4, 0.5) is 4.79 Å². The monoisotopic (exact) mass is 503 g/mol. The number of amides is 1. The van der Waals surface area contributed by atoms with Crippen molar-refractivity contribution in [2.75, 3.05) is 32.8 Å². The van der Waals surface area contributed by atoms with Crippen LogP contribution in [0.3, 0.4) is 0 Å². The summed E-state index contributed by atoms with van der Waals surface area (Å²) in [5.74, 6) is 0.982. The van der Waals surface area contributed by atoms with Crippen molar-refractivity contribution in [3.8, 4) is 0 Å². The van der Waals surface area contributed by atoms with Crippen molar-refractivity contribution >= 4 is 23.5 Å². The Hall–Kier alpha value is -2.51. The maximum Gasteiger partial charge on any atom is 0.410 e. The lowest BCUT2D eigenvalue weighted by molar-refractivity contribution is -0.121. The number of nitrogens with one attached hydrogen (secondary N) is 1. The molecule has 1 aromatic carbocycles.